The second-order valence-electron chi connectivity index (χ2n) is 3.91. The minimum atomic E-state index is -0.530. The van der Waals surface area contributed by atoms with E-state index in [-0.39, 0.29) is 17.2 Å². The van der Waals surface area contributed by atoms with E-state index in [1.807, 2.05) is 0 Å². The third-order valence-corrected chi connectivity index (χ3v) is 3.07. The summed E-state index contributed by atoms with van der Waals surface area (Å²) in [7, 11) is 0. The van der Waals surface area contributed by atoms with Crippen molar-refractivity contribution < 1.29 is 14.1 Å². The highest BCUT2D eigenvalue weighted by Crippen LogP contribution is 2.33. The van der Waals surface area contributed by atoms with Crippen LogP contribution in [0, 0.1) is 22.9 Å². The van der Waals surface area contributed by atoms with Crippen molar-refractivity contribution in [2.24, 2.45) is 0 Å². The number of benzene rings is 2. The predicted octanol–water partition coefficient (Wildman–Crippen LogP) is 4.60. The van der Waals surface area contributed by atoms with Crippen LogP contribution in [0.25, 0.3) is 0 Å². The molecule has 0 heterocycles. The van der Waals surface area contributed by atoms with Gasteiger partial charge in [0, 0.05) is 12.1 Å². The molecule has 2 aromatic rings. The number of hydrogen-bond donors (Lipinski definition) is 0. The van der Waals surface area contributed by atoms with Crippen molar-refractivity contribution in [2.45, 2.75) is 6.92 Å². The second kappa shape index (κ2) is 5.36. The van der Waals surface area contributed by atoms with Gasteiger partial charge in [0.15, 0.2) is 0 Å². The number of halogens is 2. The van der Waals surface area contributed by atoms with Gasteiger partial charge in [-0.3, -0.25) is 10.1 Å². The molecule has 0 aromatic heterocycles. The maximum absolute atomic E-state index is 13.3. The van der Waals surface area contributed by atoms with E-state index in [9.17, 15) is 14.5 Å². The van der Waals surface area contributed by atoms with Crippen molar-refractivity contribution in [3.63, 3.8) is 0 Å². The van der Waals surface area contributed by atoms with Crippen LogP contribution in [0.5, 0.6) is 11.5 Å². The highest BCUT2D eigenvalue weighted by Gasteiger charge is 2.16. The normalized spacial score (nSPS) is 10.3. The first-order valence-electron chi connectivity index (χ1n) is 5.35. The zero-order valence-corrected chi connectivity index (χ0v) is 11.5. The first-order valence-corrected chi connectivity index (χ1v) is 6.14. The van der Waals surface area contributed by atoms with Crippen molar-refractivity contribution in [1.29, 1.82) is 0 Å². The molecule has 0 saturated heterocycles. The molecule has 0 saturated carbocycles. The van der Waals surface area contributed by atoms with Crippen LogP contribution in [0.15, 0.2) is 40.9 Å². The minimum absolute atomic E-state index is 0.0809. The van der Waals surface area contributed by atoms with Crippen molar-refractivity contribution in [3.8, 4) is 11.5 Å². The Labute approximate surface area is 117 Å². The maximum Gasteiger partial charge on any atom is 0.311 e. The van der Waals surface area contributed by atoms with Gasteiger partial charge in [0.25, 0.3) is 0 Å². The van der Waals surface area contributed by atoms with Gasteiger partial charge in [-0.05, 0) is 46.6 Å². The van der Waals surface area contributed by atoms with Crippen molar-refractivity contribution >= 4 is 21.6 Å². The van der Waals surface area contributed by atoms with E-state index in [1.54, 1.807) is 13.0 Å². The highest BCUT2D eigenvalue weighted by atomic mass is 79.9. The summed E-state index contributed by atoms with van der Waals surface area (Å²) >= 11 is 3.02. The lowest BCUT2D eigenvalue weighted by atomic mass is 10.2. The van der Waals surface area contributed by atoms with E-state index in [0.717, 1.165) is 11.6 Å². The van der Waals surface area contributed by atoms with Crippen LogP contribution in [0.4, 0.5) is 10.1 Å². The van der Waals surface area contributed by atoms with E-state index in [0.29, 0.717) is 4.47 Å². The predicted molar refractivity (Wildman–Crippen MR) is 72.0 cm³/mol. The molecule has 0 radical (unpaired) electrons. The van der Waals surface area contributed by atoms with Crippen LogP contribution in [-0.2, 0) is 0 Å². The lowest BCUT2D eigenvalue weighted by Crippen LogP contribution is -1.94. The molecule has 98 valence electrons. The first kappa shape index (κ1) is 13.5. The molecule has 0 N–H and O–H groups in total. The van der Waals surface area contributed by atoms with Gasteiger partial charge < -0.3 is 4.74 Å². The largest absolute Gasteiger partial charge is 0.450 e. The van der Waals surface area contributed by atoms with Gasteiger partial charge >= 0.3 is 5.69 Å². The van der Waals surface area contributed by atoms with Gasteiger partial charge in [0.1, 0.15) is 11.6 Å². The molecule has 0 aliphatic carbocycles. The lowest BCUT2D eigenvalue weighted by molar-refractivity contribution is -0.385. The maximum atomic E-state index is 13.3. The van der Waals surface area contributed by atoms with E-state index < -0.39 is 10.7 Å². The third kappa shape index (κ3) is 3.08. The summed E-state index contributed by atoms with van der Waals surface area (Å²) < 4.78 is 19.0. The molecule has 0 amide bonds. The fourth-order valence-corrected chi connectivity index (χ4v) is 1.77. The van der Waals surface area contributed by atoms with Gasteiger partial charge in [0.05, 0.1) is 9.40 Å². The number of nitro benzene ring substituents is 1. The quantitative estimate of drug-likeness (QED) is 0.612. The zero-order valence-electron chi connectivity index (χ0n) is 9.89. The number of rotatable bonds is 3. The topological polar surface area (TPSA) is 52.4 Å². The molecule has 0 fully saturated rings. The Hall–Kier alpha value is -1.95. The molecule has 0 aliphatic rings. The number of ether oxygens (including phenoxy) is 1. The van der Waals surface area contributed by atoms with Crippen LogP contribution in [0.3, 0.4) is 0 Å². The zero-order chi connectivity index (χ0) is 14.0. The summed E-state index contributed by atoms with van der Waals surface area (Å²) in [6.07, 6.45) is 0. The summed E-state index contributed by atoms with van der Waals surface area (Å²) in [5, 5.41) is 10.9. The molecule has 0 spiro atoms. The Morgan fingerprint density at radius 1 is 1.26 bits per heavy atom. The van der Waals surface area contributed by atoms with E-state index in [1.165, 1.54) is 24.3 Å². The molecule has 0 aliphatic heterocycles. The average molecular weight is 326 g/mol. The fraction of sp³-hybridized carbons (Fsp3) is 0.0769. The Kier molecular flexibility index (Phi) is 3.80. The van der Waals surface area contributed by atoms with E-state index >= 15 is 0 Å². The summed E-state index contributed by atoms with van der Waals surface area (Å²) in [5.74, 6) is -0.211. The van der Waals surface area contributed by atoms with Crippen LogP contribution in [0.1, 0.15) is 5.56 Å². The van der Waals surface area contributed by atoms with Gasteiger partial charge in [0.2, 0.25) is 5.75 Å². The Balaban J connectivity index is 2.37. The SMILES string of the molecule is Cc1ccc(Oc2ccc(Br)c(F)c2)c([N+](=O)[O-])c1. The van der Waals surface area contributed by atoms with Gasteiger partial charge in [-0.15, -0.1) is 0 Å². The van der Waals surface area contributed by atoms with Crippen LogP contribution in [-0.4, -0.2) is 4.92 Å². The molecule has 4 nitrogen and oxygen atoms in total. The summed E-state index contributed by atoms with van der Waals surface area (Å²) in [6, 6.07) is 8.75. The molecule has 6 heteroatoms. The molecule has 2 rings (SSSR count). The summed E-state index contributed by atoms with van der Waals surface area (Å²) in [6.45, 7) is 1.75. The van der Waals surface area contributed by atoms with Crippen LogP contribution < -0.4 is 4.74 Å². The molecular formula is C13H9BrFNO3. The second-order valence-corrected chi connectivity index (χ2v) is 4.76. The lowest BCUT2D eigenvalue weighted by Gasteiger charge is -2.07. The smallest absolute Gasteiger partial charge is 0.311 e. The van der Waals surface area contributed by atoms with Gasteiger partial charge in [-0.2, -0.15) is 0 Å². The average Bonchev–Trinajstić information content (AvgIpc) is 2.36. The van der Waals surface area contributed by atoms with Gasteiger partial charge in [-0.1, -0.05) is 6.07 Å². The molecule has 19 heavy (non-hydrogen) atoms. The van der Waals surface area contributed by atoms with Gasteiger partial charge in [-0.25, -0.2) is 4.39 Å². The van der Waals surface area contributed by atoms with Crippen molar-refractivity contribution in [2.75, 3.05) is 0 Å². The fourth-order valence-electron chi connectivity index (χ4n) is 1.52. The highest BCUT2D eigenvalue weighted by molar-refractivity contribution is 9.10. The first-order chi connectivity index (χ1) is 8.97. The van der Waals surface area contributed by atoms with Crippen LogP contribution in [0.2, 0.25) is 0 Å². The van der Waals surface area contributed by atoms with Crippen molar-refractivity contribution in [3.05, 3.63) is 62.4 Å². The number of hydrogen-bond acceptors (Lipinski definition) is 3. The standard InChI is InChI=1S/C13H9BrFNO3/c1-8-2-5-13(12(6-8)16(17)18)19-9-3-4-10(14)11(15)7-9/h2-7H,1H3. The molecule has 0 atom stereocenters. The Morgan fingerprint density at radius 2 is 2.00 bits per heavy atom. The molecular weight excluding hydrogens is 317 g/mol. The van der Waals surface area contributed by atoms with E-state index in [4.69, 9.17) is 4.74 Å². The van der Waals surface area contributed by atoms with Crippen LogP contribution >= 0.6 is 15.9 Å². The monoisotopic (exact) mass is 325 g/mol. The summed E-state index contributed by atoms with van der Waals surface area (Å²) in [5.41, 5.74) is 0.601. The molecule has 0 unspecified atom stereocenters. The Bertz CT molecular complexity index is 646. The van der Waals surface area contributed by atoms with Crippen molar-refractivity contribution in [1.82, 2.24) is 0 Å². The van der Waals surface area contributed by atoms with E-state index in [2.05, 4.69) is 15.9 Å². The molecule has 2 aromatic carbocycles. The minimum Gasteiger partial charge on any atom is -0.450 e. The number of aryl methyl sites for hydroxylation is 1. The number of nitro groups is 1. The number of nitrogens with zero attached hydrogens (tertiary/aromatic N) is 1. The molecule has 0 bridgehead atoms. The summed E-state index contributed by atoms with van der Waals surface area (Å²) in [4.78, 5) is 10.4. The Morgan fingerprint density at radius 3 is 2.63 bits per heavy atom. The third-order valence-electron chi connectivity index (χ3n) is 2.43.